The van der Waals surface area contributed by atoms with E-state index >= 15 is 0 Å². The lowest BCUT2D eigenvalue weighted by atomic mass is 10.1. The minimum Gasteiger partial charge on any atom is -0.396 e. The maximum atomic E-state index is 13.7. The fraction of sp³-hybridized carbons (Fsp3) is 0.357. The van der Waals surface area contributed by atoms with Crippen molar-refractivity contribution in [1.82, 2.24) is 4.98 Å². The molecule has 0 fully saturated rings. The van der Waals surface area contributed by atoms with Crippen molar-refractivity contribution in [3.8, 4) is 11.3 Å². The van der Waals surface area contributed by atoms with E-state index in [1.807, 2.05) is 0 Å². The lowest BCUT2D eigenvalue weighted by Gasteiger charge is -2.07. The summed E-state index contributed by atoms with van der Waals surface area (Å²) in [5.74, 6) is -2.32. The molecule has 0 amide bonds. The van der Waals surface area contributed by atoms with Crippen molar-refractivity contribution in [2.45, 2.75) is 12.7 Å². The number of nitrogens with zero attached hydrogens (tertiary/aromatic N) is 1. The number of aliphatic hydroxyl groups excluding tert-OH is 1. The average Bonchev–Trinajstić information content (AvgIpc) is 2.85. The second kappa shape index (κ2) is 6.80. The van der Waals surface area contributed by atoms with Crippen LogP contribution in [-0.4, -0.2) is 30.9 Å². The molecule has 0 saturated heterocycles. The lowest BCUT2D eigenvalue weighted by Crippen LogP contribution is -2.18. The minimum absolute atomic E-state index is 0.0843. The van der Waals surface area contributed by atoms with Gasteiger partial charge in [0.05, 0.1) is 17.0 Å². The number of benzene rings is 1. The Morgan fingerprint density at radius 1 is 1.32 bits per heavy atom. The van der Waals surface area contributed by atoms with E-state index in [0.29, 0.717) is 0 Å². The second-order valence-electron chi connectivity index (χ2n) is 5.07. The Bertz CT molecular complexity index is 739. The highest BCUT2D eigenvalue weighted by Crippen LogP contribution is 2.28. The van der Waals surface area contributed by atoms with Gasteiger partial charge in [0.15, 0.2) is 9.84 Å². The number of hydrogen-bond acceptors (Lipinski definition) is 5. The number of sulfone groups is 1. The normalized spacial score (nSPS) is 13.3. The van der Waals surface area contributed by atoms with Gasteiger partial charge in [0.2, 0.25) is 0 Å². The van der Waals surface area contributed by atoms with Gasteiger partial charge in [-0.1, -0.05) is 13.0 Å². The Balaban J connectivity index is 2.22. The van der Waals surface area contributed by atoms with Crippen LogP contribution in [0.5, 0.6) is 0 Å². The Labute approximate surface area is 131 Å². The molecule has 120 valence electrons. The summed E-state index contributed by atoms with van der Waals surface area (Å²) in [6.07, 6.45) is 0. The lowest BCUT2D eigenvalue weighted by molar-refractivity contribution is 0.249. The molecule has 0 aliphatic heterocycles. The Morgan fingerprint density at radius 3 is 2.55 bits per heavy atom. The predicted molar refractivity (Wildman–Crippen MR) is 81.2 cm³/mol. The van der Waals surface area contributed by atoms with Crippen molar-refractivity contribution in [3.05, 3.63) is 40.2 Å². The van der Waals surface area contributed by atoms with Crippen LogP contribution >= 0.6 is 11.3 Å². The van der Waals surface area contributed by atoms with Gasteiger partial charge in [-0.05, 0) is 18.1 Å². The van der Waals surface area contributed by atoms with Crippen LogP contribution < -0.4 is 0 Å². The highest BCUT2D eigenvalue weighted by Gasteiger charge is 2.20. The van der Waals surface area contributed by atoms with E-state index in [1.165, 1.54) is 11.4 Å². The molecule has 1 aromatic carbocycles. The topological polar surface area (TPSA) is 67.3 Å². The minimum atomic E-state index is -3.43. The molecule has 0 aliphatic carbocycles. The summed E-state index contributed by atoms with van der Waals surface area (Å²) in [4.78, 5) is 4.02. The van der Waals surface area contributed by atoms with Crippen LogP contribution in [0, 0.1) is 17.6 Å². The summed E-state index contributed by atoms with van der Waals surface area (Å²) in [7, 11) is -3.43. The largest absolute Gasteiger partial charge is 0.396 e. The van der Waals surface area contributed by atoms with Crippen LogP contribution in [0.4, 0.5) is 8.78 Å². The van der Waals surface area contributed by atoms with Gasteiger partial charge in [0.1, 0.15) is 22.4 Å². The third-order valence-corrected chi connectivity index (χ3v) is 5.79. The standard InChI is InChI=1S/C14H15F2NO3S2/c1-9(5-18)7-22(19,20)8-13-17-12(6-21-13)14-10(15)3-2-4-11(14)16/h2-4,6,9,18H,5,7-8H2,1H3/t9-/m0/s1. The Kier molecular flexibility index (Phi) is 5.25. The van der Waals surface area contributed by atoms with E-state index in [9.17, 15) is 17.2 Å². The van der Waals surface area contributed by atoms with Crippen molar-refractivity contribution < 1.29 is 22.3 Å². The second-order valence-corrected chi connectivity index (χ2v) is 8.12. The number of aromatic nitrogens is 1. The summed E-state index contributed by atoms with van der Waals surface area (Å²) in [6, 6.07) is 3.50. The van der Waals surface area contributed by atoms with Crippen molar-refractivity contribution in [2.24, 2.45) is 5.92 Å². The molecule has 0 unspecified atom stereocenters. The molecule has 1 atom stereocenters. The van der Waals surface area contributed by atoms with Crippen molar-refractivity contribution in [3.63, 3.8) is 0 Å². The summed E-state index contributed by atoms with van der Waals surface area (Å²) in [6.45, 7) is 1.41. The van der Waals surface area contributed by atoms with Gasteiger partial charge in [-0.25, -0.2) is 22.2 Å². The summed E-state index contributed by atoms with van der Waals surface area (Å²) in [5, 5.41) is 10.6. The molecule has 22 heavy (non-hydrogen) atoms. The SMILES string of the molecule is C[C@@H](CO)CS(=O)(=O)Cc1nc(-c2c(F)cccc2F)cs1. The van der Waals surface area contributed by atoms with Crippen LogP contribution in [0.25, 0.3) is 11.3 Å². The number of rotatable bonds is 6. The summed E-state index contributed by atoms with van der Waals surface area (Å²) >= 11 is 1.04. The first-order chi connectivity index (χ1) is 10.3. The van der Waals surface area contributed by atoms with Crippen LogP contribution in [0.15, 0.2) is 23.6 Å². The van der Waals surface area contributed by atoms with E-state index in [2.05, 4.69) is 4.98 Å². The van der Waals surface area contributed by atoms with E-state index < -0.39 is 21.5 Å². The molecule has 4 nitrogen and oxygen atoms in total. The zero-order valence-electron chi connectivity index (χ0n) is 11.8. The molecular formula is C14H15F2NO3S2. The molecule has 0 bridgehead atoms. The molecule has 8 heteroatoms. The molecule has 1 aromatic heterocycles. The van der Waals surface area contributed by atoms with Gasteiger partial charge in [-0.2, -0.15) is 0 Å². The molecule has 0 saturated carbocycles. The quantitative estimate of drug-likeness (QED) is 0.872. The van der Waals surface area contributed by atoms with Crippen LogP contribution in [0.3, 0.4) is 0 Å². The number of aliphatic hydroxyl groups is 1. The summed E-state index contributed by atoms with van der Waals surface area (Å²) < 4.78 is 51.3. The fourth-order valence-electron chi connectivity index (χ4n) is 1.97. The van der Waals surface area contributed by atoms with Gasteiger partial charge in [-0.15, -0.1) is 11.3 Å². The van der Waals surface area contributed by atoms with Crippen molar-refractivity contribution in [2.75, 3.05) is 12.4 Å². The van der Waals surface area contributed by atoms with E-state index in [1.54, 1.807) is 6.92 Å². The monoisotopic (exact) mass is 347 g/mol. The Morgan fingerprint density at radius 2 is 1.95 bits per heavy atom. The molecule has 0 radical (unpaired) electrons. The van der Waals surface area contributed by atoms with E-state index in [0.717, 1.165) is 23.5 Å². The first-order valence-corrected chi connectivity index (χ1v) is 9.22. The molecule has 2 aromatic rings. The molecule has 1 N–H and O–H groups in total. The van der Waals surface area contributed by atoms with Crippen molar-refractivity contribution in [1.29, 1.82) is 0 Å². The first kappa shape index (κ1) is 17.0. The number of thiazole rings is 1. The molecular weight excluding hydrogens is 332 g/mol. The van der Waals surface area contributed by atoms with Gasteiger partial charge in [-0.3, -0.25) is 0 Å². The zero-order chi connectivity index (χ0) is 16.3. The third kappa shape index (κ3) is 4.08. The van der Waals surface area contributed by atoms with Gasteiger partial charge < -0.3 is 5.11 Å². The number of halogens is 2. The number of hydrogen-bond donors (Lipinski definition) is 1. The molecule has 0 aliphatic rings. The third-order valence-electron chi connectivity index (χ3n) is 2.96. The van der Waals surface area contributed by atoms with Crippen LogP contribution in [0.1, 0.15) is 11.9 Å². The van der Waals surface area contributed by atoms with Crippen LogP contribution in [-0.2, 0) is 15.6 Å². The van der Waals surface area contributed by atoms with Gasteiger partial charge in [0.25, 0.3) is 0 Å². The highest BCUT2D eigenvalue weighted by atomic mass is 32.2. The first-order valence-electron chi connectivity index (χ1n) is 6.52. The van der Waals surface area contributed by atoms with Crippen molar-refractivity contribution >= 4 is 21.2 Å². The van der Waals surface area contributed by atoms with Gasteiger partial charge in [0, 0.05) is 12.0 Å². The van der Waals surface area contributed by atoms with E-state index in [4.69, 9.17) is 5.11 Å². The Hall–Kier alpha value is -1.38. The fourth-order valence-corrected chi connectivity index (χ4v) is 4.88. The van der Waals surface area contributed by atoms with E-state index in [-0.39, 0.29) is 40.3 Å². The van der Waals surface area contributed by atoms with Gasteiger partial charge >= 0.3 is 0 Å². The maximum Gasteiger partial charge on any atom is 0.157 e. The predicted octanol–water partition coefficient (Wildman–Crippen LogP) is 2.63. The van der Waals surface area contributed by atoms with Crippen LogP contribution in [0.2, 0.25) is 0 Å². The average molecular weight is 347 g/mol. The molecule has 1 heterocycles. The maximum absolute atomic E-state index is 13.7. The highest BCUT2D eigenvalue weighted by molar-refractivity contribution is 7.90. The smallest absolute Gasteiger partial charge is 0.157 e. The molecule has 2 rings (SSSR count). The zero-order valence-corrected chi connectivity index (χ0v) is 13.4. The molecule has 0 spiro atoms. The summed E-state index contributed by atoms with van der Waals surface area (Å²) in [5.41, 5.74) is -0.174.